The van der Waals surface area contributed by atoms with Crippen LogP contribution in [0.1, 0.15) is 23.5 Å². The van der Waals surface area contributed by atoms with Crippen LogP contribution in [0, 0.1) is 15.9 Å². The van der Waals surface area contributed by atoms with Gasteiger partial charge in [0.2, 0.25) is 0 Å². The molecule has 0 amide bonds. The first-order chi connectivity index (χ1) is 19.9. The van der Waals surface area contributed by atoms with Gasteiger partial charge in [-0.15, -0.1) is 0 Å². The van der Waals surface area contributed by atoms with E-state index >= 15 is 0 Å². The van der Waals surface area contributed by atoms with Gasteiger partial charge in [0.15, 0.2) is 5.11 Å². The lowest BCUT2D eigenvalue weighted by Gasteiger charge is -2.26. The topological polar surface area (TPSA) is 84.4 Å². The number of nitro groups is 1. The normalized spacial score (nSPS) is 16.5. The van der Waals surface area contributed by atoms with Crippen LogP contribution in [-0.4, -0.2) is 15.0 Å². The number of nitrogens with one attached hydrogen (secondary N) is 1. The van der Waals surface area contributed by atoms with E-state index in [1.807, 2.05) is 53.4 Å². The van der Waals surface area contributed by atoms with Gasteiger partial charge in [0, 0.05) is 38.3 Å². The molecule has 2 atom stereocenters. The Bertz CT molecular complexity index is 1730. The average Bonchev–Trinajstić information content (AvgIpc) is 3.59. The molecule has 5 aromatic rings. The van der Waals surface area contributed by atoms with E-state index in [1.165, 1.54) is 30.0 Å². The molecular weight excluding hydrogens is 627 g/mol. The van der Waals surface area contributed by atoms with E-state index in [1.54, 1.807) is 36.5 Å². The van der Waals surface area contributed by atoms with Crippen molar-refractivity contribution in [2.45, 2.75) is 21.9 Å². The Kier molecular flexibility index (Phi) is 7.57. The number of anilines is 1. The standard InChI is InChI=1S/C30H20BrFN4O3S2/c31-18-4-13-23(24(32)17-18)26-14-15-27(39-26)29-28(25-3-1-2-16-33-25)34-30(40)35(29)19-5-9-21(10-6-19)41-22-11-7-20(8-12-22)36(37)38/h1-17,28-29H,(H,34,40)/t28-,29-/m0/s1. The van der Waals surface area contributed by atoms with E-state index in [4.69, 9.17) is 16.6 Å². The number of aromatic nitrogens is 1. The van der Waals surface area contributed by atoms with E-state index in [-0.39, 0.29) is 17.5 Å². The quantitative estimate of drug-likeness (QED) is 0.107. The number of non-ortho nitro benzene ring substituents is 1. The van der Waals surface area contributed by atoms with E-state index < -0.39 is 11.0 Å². The third kappa shape index (κ3) is 5.61. The number of hydrogen-bond acceptors (Lipinski definition) is 6. The Morgan fingerprint density at radius 3 is 2.39 bits per heavy atom. The molecule has 11 heteroatoms. The molecule has 0 aliphatic carbocycles. The highest BCUT2D eigenvalue weighted by Gasteiger charge is 2.42. The van der Waals surface area contributed by atoms with E-state index in [2.05, 4.69) is 26.2 Å². The molecule has 0 saturated carbocycles. The lowest BCUT2D eigenvalue weighted by atomic mass is 10.0. The van der Waals surface area contributed by atoms with Crippen molar-refractivity contribution in [1.29, 1.82) is 0 Å². The zero-order valence-corrected chi connectivity index (χ0v) is 24.3. The van der Waals surface area contributed by atoms with Crippen molar-refractivity contribution in [2.24, 2.45) is 0 Å². The molecule has 1 N–H and O–H groups in total. The van der Waals surface area contributed by atoms with Gasteiger partial charge in [0.05, 0.1) is 22.2 Å². The van der Waals surface area contributed by atoms with Gasteiger partial charge in [-0.25, -0.2) is 4.39 Å². The maximum absolute atomic E-state index is 14.7. The third-order valence-corrected chi connectivity index (χ3v) is 8.43. The second-order valence-electron chi connectivity index (χ2n) is 9.17. The lowest BCUT2D eigenvalue weighted by molar-refractivity contribution is -0.384. The van der Waals surface area contributed by atoms with Crippen LogP contribution >= 0.6 is 39.9 Å². The Morgan fingerprint density at radius 1 is 1.00 bits per heavy atom. The zero-order chi connectivity index (χ0) is 28.5. The first-order valence-corrected chi connectivity index (χ1v) is 14.5. The molecule has 1 fully saturated rings. The number of thiocarbonyl (C=S) groups is 1. The maximum Gasteiger partial charge on any atom is 0.269 e. The van der Waals surface area contributed by atoms with Crippen molar-refractivity contribution < 1.29 is 13.7 Å². The average molecular weight is 648 g/mol. The van der Waals surface area contributed by atoms with Crippen molar-refractivity contribution in [3.05, 3.63) is 135 Å². The van der Waals surface area contributed by atoms with Crippen LogP contribution < -0.4 is 10.2 Å². The van der Waals surface area contributed by atoms with Gasteiger partial charge in [0.1, 0.15) is 23.4 Å². The summed E-state index contributed by atoms with van der Waals surface area (Å²) in [4.78, 5) is 18.9. The van der Waals surface area contributed by atoms with Gasteiger partial charge in [-0.05, 0) is 91.1 Å². The molecule has 0 radical (unpaired) electrons. The molecule has 7 nitrogen and oxygen atoms in total. The third-order valence-electron chi connectivity index (χ3n) is 6.61. The highest BCUT2D eigenvalue weighted by molar-refractivity contribution is 9.10. The van der Waals surface area contributed by atoms with Crippen LogP contribution in [-0.2, 0) is 0 Å². The van der Waals surface area contributed by atoms with E-state index in [0.29, 0.717) is 26.7 Å². The fraction of sp³-hybridized carbons (Fsp3) is 0.0667. The minimum atomic E-state index is -0.414. The molecule has 41 heavy (non-hydrogen) atoms. The minimum Gasteiger partial charge on any atom is -0.459 e. The summed E-state index contributed by atoms with van der Waals surface area (Å²) >= 11 is 10.6. The predicted octanol–water partition coefficient (Wildman–Crippen LogP) is 8.48. The van der Waals surface area contributed by atoms with Gasteiger partial charge in [-0.2, -0.15) is 0 Å². The number of pyridine rings is 1. The Hall–Kier alpha value is -4.06. The molecule has 1 aliphatic rings. The molecule has 3 heterocycles. The fourth-order valence-electron chi connectivity index (χ4n) is 4.71. The number of halogens is 2. The molecule has 6 rings (SSSR count). The summed E-state index contributed by atoms with van der Waals surface area (Å²) in [6.45, 7) is 0. The van der Waals surface area contributed by atoms with Crippen LogP contribution in [0.4, 0.5) is 15.8 Å². The monoisotopic (exact) mass is 646 g/mol. The Labute approximate surface area is 252 Å². The van der Waals surface area contributed by atoms with Crippen molar-refractivity contribution in [3.8, 4) is 11.3 Å². The van der Waals surface area contributed by atoms with Gasteiger partial charge in [0.25, 0.3) is 5.69 Å². The summed E-state index contributed by atoms with van der Waals surface area (Å²) in [6, 6.07) is 27.8. The van der Waals surface area contributed by atoms with Crippen LogP contribution in [0.3, 0.4) is 0 Å². The van der Waals surface area contributed by atoms with Gasteiger partial charge in [-0.1, -0.05) is 33.8 Å². The van der Waals surface area contributed by atoms with Crippen LogP contribution in [0.5, 0.6) is 0 Å². The largest absolute Gasteiger partial charge is 0.459 e. The Morgan fingerprint density at radius 2 is 1.73 bits per heavy atom. The second-order valence-corrected chi connectivity index (χ2v) is 11.6. The molecule has 0 spiro atoms. The van der Waals surface area contributed by atoms with Crippen molar-refractivity contribution >= 4 is 56.4 Å². The molecule has 204 valence electrons. The molecule has 1 saturated heterocycles. The number of hydrogen-bond donors (Lipinski definition) is 1. The van der Waals surface area contributed by atoms with Gasteiger partial charge >= 0.3 is 0 Å². The molecule has 1 aliphatic heterocycles. The molecule has 2 aromatic heterocycles. The van der Waals surface area contributed by atoms with Crippen LogP contribution in [0.25, 0.3) is 11.3 Å². The van der Waals surface area contributed by atoms with Crippen LogP contribution in [0.15, 0.2) is 122 Å². The number of nitro benzene ring substituents is 1. The minimum absolute atomic E-state index is 0.0530. The van der Waals surface area contributed by atoms with Crippen molar-refractivity contribution in [2.75, 3.05) is 4.90 Å². The molecule has 0 unspecified atom stereocenters. The number of nitrogens with zero attached hydrogens (tertiary/aromatic N) is 3. The zero-order valence-electron chi connectivity index (χ0n) is 21.1. The summed E-state index contributed by atoms with van der Waals surface area (Å²) in [5.74, 6) is 0.631. The summed E-state index contributed by atoms with van der Waals surface area (Å²) in [6.07, 6.45) is 1.73. The first kappa shape index (κ1) is 27.1. The molecule has 3 aromatic carbocycles. The number of furan rings is 1. The lowest BCUT2D eigenvalue weighted by Crippen LogP contribution is -2.29. The van der Waals surface area contributed by atoms with Crippen molar-refractivity contribution in [3.63, 3.8) is 0 Å². The number of rotatable bonds is 7. The summed E-state index contributed by atoms with van der Waals surface area (Å²) in [5.41, 5.74) is 2.05. The maximum atomic E-state index is 14.7. The SMILES string of the molecule is O=[N+]([O-])c1ccc(Sc2ccc(N3C(=S)N[C@@H](c4ccccn4)[C@@H]3c3ccc(-c4ccc(Br)cc4F)o3)cc2)cc1. The molecule has 0 bridgehead atoms. The molecular formula is C30H20BrFN4O3S2. The fourth-order valence-corrected chi connectivity index (χ4v) is 6.21. The van der Waals surface area contributed by atoms with Gasteiger partial charge < -0.3 is 14.6 Å². The summed E-state index contributed by atoms with van der Waals surface area (Å²) in [5, 5.41) is 14.9. The van der Waals surface area contributed by atoms with Crippen molar-refractivity contribution in [1.82, 2.24) is 10.3 Å². The smallest absolute Gasteiger partial charge is 0.269 e. The van der Waals surface area contributed by atoms with E-state index in [9.17, 15) is 14.5 Å². The van der Waals surface area contributed by atoms with Gasteiger partial charge in [-0.3, -0.25) is 15.1 Å². The number of benzene rings is 3. The van der Waals surface area contributed by atoms with Crippen LogP contribution in [0.2, 0.25) is 0 Å². The summed E-state index contributed by atoms with van der Waals surface area (Å²) < 4.78 is 21.7. The first-order valence-electron chi connectivity index (χ1n) is 12.5. The Balaban J connectivity index is 1.33. The highest BCUT2D eigenvalue weighted by atomic mass is 79.9. The summed E-state index contributed by atoms with van der Waals surface area (Å²) in [7, 11) is 0. The van der Waals surface area contributed by atoms with E-state index in [0.717, 1.165) is 21.2 Å². The predicted molar refractivity (Wildman–Crippen MR) is 163 cm³/mol. The highest BCUT2D eigenvalue weighted by Crippen LogP contribution is 2.43. The second kappa shape index (κ2) is 11.4.